The van der Waals surface area contributed by atoms with E-state index in [0.29, 0.717) is 17.1 Å². The second-order valence-electron chi connectivity index (χ2n) is 4.99. The minimum atomic E-state index is -0.470. The largest absolute Gasteiger partial charge is 0.327 e. The lowest BCUT2D eigenvalue weighted by Gasteiger charge is -2.29. The Balaban J connectivity index is 1.88. The summed E-state index contributed by atoms with van der Waals surface area (Å²) in [5, 5.41) is 2.69. The highest BCUT2D eigenvalue weighted by Gasteiger charge is 2.20. The summed E-state index contributed by atoms with van der Waals surface area (Å²) in [7, 11) is 0. The SMILES string of the molecule is NC1CCCN(CC(=O)NC(=O)c2ccccc2Cl)C1. The van der Waals surface area contributed by atoms with Crippen molar-refractivity contribution >= 4 is 23.4 Å². The maximum absolute atomic E-state index is 11.9. The fraction of sp³-hybridized carbons (Fsp3) is 0.429. The molecule has 20 heavy (non-hydrogen) atoms. The molecular formula is C14H18ClN3O2. The maximum Gasteiger partial charge on any atom is 0.259 e. The molecule has 0 aromatic heterocycles. The molecule has 3 N–H and O–H groups in total. The van der Waals surface area contributed by atoms with Gasteiger partial charge in [-0.2, -0.15) is 0 Å². The zero-order valence-corrected chi connectivity index (χ0v) is 11.9. The van der Waals surface area contributed by atoms with E-state index in [2.05, 4.69) is 5.32 Å². The van der Waals surface area contributed by atoms with Gasteiger partial charge in [0.05, 0.1) is 17.1 Å². The van der Waals surface area contributed by atoms with E-state index in [9.17, 15) is 9.59 Å². The topological polar surface area (TPSA) is 75.4 Å². The fourth-order valence-electron chi connectivity index (χ4n) is 2.32. The van der Waals surface area contributed by atoms with Gasteiger partial charge >= 0.3 is 0 Å². The molecule has 0 aliphatic carbocycles. The number of benzene rings is 1. The first-order valence-electron chi connectivity index (χ1n) is 6.63. The van der Waals surface area contributed by atoms with Crippen LogP contribution in [0.25, 0.3) is 0 Å². The number of likely N-dealkylation sites (tertiary alicyclic amines) is 1. The monoisotopic (exact) mass is 295 g/mol. The molecule has 0 radical (unpaired) electrons. The van der Waals surface area contributed by atoms with Crippen LogP contribution in [0, 0.1) is 0 Å². The lowest BCUT2D eigenvalue weighted by Crippen LogP contribution is -2.47. The number of imide groups is 1. The summed E-state index contributed by atoms with van der Waals surface area (Å²) in [4.78, 5) is 25.7. The van der Waals surface area contributed by atoms with Crippen molar-refractivity contribution in [1.29, 1.82) is 0 Å². The number of nitrogens with one attached hydrogen (secondary N) is 1. The Kier molecular flexibility index (Phi) is 5.11. The number of carbonyl (C=O) groups excluding carboxylic acids is 2. The molecule has 1 aromatic carbocycles. The van der Waals surface area contributed by atoms with Crippen LogP contribution in [-0.4, -0.2) is 42.4 Å². The van der Waals surface area contributed by atoms with E-state index < -0.39 is 5.91 Å². The van der Waals surface area contributed by atoms with Crippen molar-refractivity contribution in [2.24, 2.45) is 5.73 Å². The van der Waals surface area contributed by atoms with Gasteiger partial charge in [-0.25, -0.2) is 0 Å². The molecule has 1 unspecified atom stereocenters. The predicted octanol–water partition coefficient (Wildman–Crippen LogP) is 1.02. The Morgan fingerprint density at radius 1 is 1.40 bits per heavy atom. The Labute approximate surface area is 123 Å². The van der Waals surface area contributed by atoms with Crippen LogP contribution in [0.2, 0.25) is 5.02 Å². The normalized spacial score (nSPS) is 19.6. The molecule has 108 valence electrons. The lowest BCUT2D eigenvalue weighted by atomic mass is 10.1. The molecule has 2 amide bonds. The predicted molar refractivity (Wildman–Crippen MR) is 77.6 cm³/mol. The maximum atomic E-state index is 11.9. The van der Waals surface area contributed by atoms with Gasteiger partial charge in [0.25, 0.3) is 5.91 Å². The second-order valence-corrected chi connectivity index (χ2v) is 5.40. The summed E-state index contributed by atoms with van der Waals surface area (Å²) in [5.41, 5.74) is 6.16. The highest BCUT2D eigenvalue weighted by atomic mass is 35.5. The van der Waals surface area contributed by atoms with Crippen LogP contribution in [0.3, 0.4) is 0 Å². The second kappa shape index (κ2) is 6.83. The minimum absolute atomic E-state index is 0.107. The molecule has 0 saturated carbocycles. The average molecular weight is 296 g/mol. The van der Waals surface area contributed by atoms with Crippen molar-refractivity contribution in [3.05, 3.63) is 34.9 Å². The van der Waals surface area contributed by atoms with Gasteiger partial charge in [-0.05, 0) is 31.5 Å². The first-order valence-corrected chi connectivity index (χ1v) is 7.00. The minimum Gasteiger partial charge on any atom is -0.327 e. The zero-order chi connectivity index (χ0) is 14.5. The molecule has 1 aliphatic rings. The van der Waals surface area contributed by atoms with E-state index in [1.54, 1.807) is 24.3 Å². The van der Waals surface area contributed by atoms with Crippen LogP contribution in [0.15, 0.2) is 24.3 Å². The van der Waals surface area contributed by atoms with Gasteiger partial charge in [0.15, 0.2) is 0 Å². The van der Waals surface area contributed by atoms with E-state index in [0.717, 1.165) is 19.4 Å². The molecule has 1 fully saturated rings. The highest BCUT2D eigenvalue weighted by molar-refractivity contribution is 6.34. The van der Waals surface area contributed by atoms with Gasteiger partial charge in [0.1, 0.15) is 0 Å². The van der Waals surface area contributed by atoms with Crippen LogP contribution < -0.4 is 11.1 Å². The summed E-state index contributed by atoms with van der Waals surface area (Å²) in [6.45, 7) is 1.71. The highest BCUT2D eigenvalue weighted by Crippen LogP contribution is 2.14. The summed E-state index contributed by atoms with van der Waals surface area (Å²) in [5.74, 6) is -0.800. The number of rotatable bonds is 3. The molecule has 2 rings (SSSR count). The molecule has 1 atom stereocenters. The molecule has 1 heterocycles. The molecule has 6 heteroatoms. The van der Waals surface area contributed by atoms with Gasteiger partial charge in [-0.3, -0.25) is 19.8 Å². The van der Waals surface area contributed by atoms with Crippen molar-refractivity contribution in [1.82, 2.24) is 10.2 Å². The van der Waals surface area contributed by atoms with E-state index in [1.807, 2.05) is 4.90 Å². The third-order valence-electron chi connectivity index (χ3n) is 3.28. The number of halogens is 1. The first kappa shape index (κ1) is 15.0. The fourth-order valence-corrected chi connectivity index (χ4v) is 2.54. The van der Waals surface area contributed by atoms with Crippen LogP contribution in [0.1, 0.15) is 23.2 Å². The Morgan fingerprint density at radius 2 is 2.15 bits per heavy atom. The number of hydrogen-bond donors (Lipinski definition) is 2. The lowest BCUT2D eigenvalue weighted by molar-refractivity contribution is -0.121. The molecule has 1 aliphatic heterocycles. The van der Waals surface area contributed by atoms with Gasteiger partial charge in [0, 0.05) is 12.6 Å². The van der Waals surface area contributed by atoms with E-state index in [-0.39, 0.29) is 18.5 Å². The van der Waals surface area contributed by atoms with Gasteiger partial charge < -0.3 is 5.73 Å². The van der Waals surface area contributed by atoms with Crippen molar-refractivity contribution in [3.63, 3.8) is 0 Å². The first-order chi connectivity index (χ1) is 9.56. The van der Waals surface area contributed by atoms with Crippen molar-refractivity contribution < 1.29 is 9.59 Å². The van der Waals surface area contributed by atoms with Crippen LogP contribution >= 0.6 is 11.6 Å². The molecule has 1 aromatic rings. The number of carbonyl (C=O) groups is 2. The standard InChI is InChI=1S/C14H18ClN3O2/c15-12-6-2-1-5-11(12)14(20)17-13(19)9-18-7-3-4-10(16)8-18/h1-2,5-6,10H,3-4,7-9,16H2,(H,17,19,20). The van der Waals surface area contributed by atoms with Crippen LogP contribution in [-0.2, 0) is 4.79 Å². The van der Waals surface area contributed by atoms with Crippen molar-refractivity contribution in [2.75, 3.05) is 19.6 Å². The van der Waals surface area contributed by atoms with Crippen molar-refractivity contribution in [2.45, 2.75) is 18.9 Å². The van der Waals surface area contributed by atoms with E-state index >= 15 is 0 Å². The Hall–Kier alpha value is -1.43. The number of nitrogens with two attached hydrogens (primary N) is 1. The van der Waals surface area contributed by atoms with Gasteiger partial charge in [0.2, 0.25) is 5.91 Å². The Bertz CT molecular complexity index is 507. The molecule has 5 nitrogen and oxygen atoms in total. The summed E-state index contributed by atoms with van der Waals surface area (Å²) < 4.78 is 0. The number of hydrogen-bond acceptors (Lipinski definition) is 4. The van der Waals surface area contributed by atoms with Crippen LogP contribution in [0.4, 0.5) is 0 Å². The summed E-state index contributed by atoms with van der Waals surface area (Å²) >= 11 is 5.91. The van der Waals surface area contributed by atoms with Crippen LogP contribution in [0.5, 0.6) is 0 Å². The van der Waals surface area contributed by atoms with E-state index in [1.165, 1.54) is 0 Å². The van der Waals surface area contributed by atoms with E-state index in [4.69, 9.17) is 17.3 Å². The zero-order valence-electron chi connectivity index (χ0n) is 11.1. The van der Waals surface area contributed by atoms with Gasteiger partial charge in [-0.15, -0.1) is 0 Å². The number of amides is 2. The average Bonchev–Trinajstić information content (AvgIpc) is 2.38. The summed E-state index contributed by atoms with van der Waals surface area (Å²) in [6.07, 6.45) is 1.96. The van der Waals surface area contributed by atoms with Gasteiger partial charge in [-0.1, -0.05) is 23.7 Å². The Morgan fingerprint density at radius 3 is 2.85 bits per heavy atom. The molecule has 0 bridgehead atoms. The smallest absolute Gasteiger partial charge is 0.259 e. The number of nitrogens with zero attached hydrogens (tertiary/aromatic N) is 1. The molecular weight excluding hydrogens is 278 g/mol. The number of piperidine rings is 1. The third-order valence-corrected chi connectivity index (χ3v) is 3.61. The molecule has 0 spiro atoms. The summed E-state index contributed by atoms with van der Waals surface area (Å²) in [6, 6.07) is 6.74. The van der Waals surface area contributed by atoms with Crippen molar-refractivity contribution in [3.8, 4) is 0 Å². The third kappa shape index (κ3) is 4.03. The quantitative estimate of drug-likeness (QED) is 0.873. The molecule has 1 saturated heterocycles.